The van der Waals surface area contributed by atoms with Crippen molar-refractivity contribution >= 4 is 16.6 Å². The summed E-state index contributed by atoms with van der Waals surface area (Å²) in [4.78, 5) is 13.7. The lowest BCUT2D eigenvalue weighted by molar-refractivity contribution is -0.137. The molecule has 0 radical (unpaired) electrons. The van der Waals surface area contributed by atoms with Crippen LogP contribution in [-0.4, -0.2) is 57.5 Å². The smallest absolute Gasteiger partial charge is 0.379 e. The van der Waals surface area contributed by atoms with Crippen molar-refractivity contribution in [1.82, 2.24) is 24.6 Å². The molecule has 1 saturated heterocycles. The Morgan fingerprint density at radius 1 is 0.974 bits per heavy atom. The maximum atomic E-state index is 13.1. The molecular weight excluding hydrogens is 505 g/mol. The minimum Gasteiger partial charge on any atom is -0.379 e. The molecule has 1 fully saturated rings. The Kier molecular flexibility index (Phi) is 6.55. The molecule has 39 heavy (non-hydrogen) atoms. The van der Waals surface area contributed by atoms with Crippen molar-refractivity contribution in [3.63, 3.8) is 0 Å². The first kappa shape index (κ1) is 25.8. The topological polar surface area (TPSA) is 59.3 Å². The molecule has 204 valence electrons. The van der Waals surface area contributed by atoms with Crippen molar-refractivity contribution in [2.24, 2.45) is 0 Å². The summed E-state index contributed by atoms with van der Waals surface area (Å²) in [5.74, 6) is 0.492. The molecule has 4 heterocycles. The van der Waals surface area contributed by atoms with E-state index in [1.807, 2.05) is 12.1 Å². The van der Waals surface area contributed by atoms with Gasteiger partial charge in [-0.15, -0.1) is 0 Å². The highest BCUT2D eigenvalue weighted by Gasteiger charge is 2.31. The molecule has 0 amide bonds. The van der Waals surface area contributed by atoms with Crippen LogP contribution in [0.5, 0.6) is 0 Å². The second-order valence-corrected chi connectivity index (χ2v) is 10.4. The third-order valence-electron chi connectivity index (χ3n) is 7.97. The summed E-state index contributed by atoms with van der Waals surface area (Å²) in [5.41, 5.74) is 6.50. The van der Waals surface area contributed by atoms with Crippen LogP contribution in [0.4, 0.5) is 18.9 Å². The van der Waals surface area contributed by atoms with Crippen LogP contribution in [-0.2, 0) is 24.0 Å². The molecule has 2 aromatic heterocycles. The molecule has 2 aliphatic rings. The molecule has 0 spiro atoms. The number of halogens is 3. The van der Waals surface area contributed by atoms with Crippen molar-refractivity contribution in [3.8, 4) is 11.4 Å². The molecule has 0 saturated carbocycles. The van der Waals surface area contributed by atoms with Gasteiger partial charge in [0.2, 0.25) is 0 Å². The summed E-state index contributed by atoms with van der Waals surface area (Å²) >= 11 is 0. The first-order chi connectivity index (χ1) is 18.7. The van der Waals surface area contributed by atoms with E-state index < -0.39 is 11.7 Å². The van der Waals surface area contributed by atoms with Crippen LogP contribution in [0.3, 0.4) is 0 Å². The highest BCUT2D eigenvalue weighted by Crippen LogP contribution is 2.34. The Balaban J connectivity index is 1.23. The van der Waals surface area contributed by atoms with Crippen LogP contribution in [0.2, 0.25) is 0 Å². The zero-order valence-corrected chi connectivity index (χ0v) is 22.3. The highest BCUT2D eigenvalue weighted by atomic mass is 19.4. The number of anilines is 1. The number of rotatable bonds is 4. The average Bonchev–Trinajstić information content (AvgIpc) is 3.27. The van der Waals surface area contributed by atoms with E-state index in [0.29, 0.717) is 16.7 Å². The van der Waals surface area contributed by atoms with E-state index >= 15 is 0 Å². The molecule has 2 aliphatic heterocycles. The standard InChI is InChI=1S/C29H31F3N6O/c1-18-14-21(28-33-16-22-15-23(29(30,31)32)5-6-24(22)34-28)4-7-25(18)37-8-9-38-26(17-37)19(2)27(35-38)20(3)36-10-12-39-13-11-36/h4-7,14-16,20H,8-13,17H2,1-3H3. The monoisotopic (exact) mass is 536 g/mol. The van der Waals surface area contributed by atoms with Gasteiger partial charge in [0.1, 0.15) is 0 Å². The molecule has 10 heteroatoms. The fourth-order valence-corrected chi connectivity index (χ4v) is 5.71. The lowest BCUT2D eigenvalue weighted by atomic mass is 10.0. The van der Waals surface area contributed by atoms with E-state index in [4.69, 9.17) is 9.84 Å². The quantitative estimate of drug-likeness (QED) is 0.341. The minimum absolute atomic E-state index is 0.253. The Labute approximate surface area is 225 Å². The Hall–Kier alpha value is -3.50. The maximum Gasteiger partial charge on any atom is 0.416 e. The largest absolute Gasteiger partial charge is 0.416 e. The number of morpholine rings is 1. The van der Waals surface area contributed by atoms with Gasteiger partial charge in [-0.2, -0.15) is 18.3 Å². The van der Waals surface area contributed by atoms with Crippen molar-refractivity contribution in [2.45, 2.75) is 46.1 Å². The van der Waals surface area contributed by atoms with Crippen molar-refractivity contribution in [2.75, 3.05) is 37.7 Å². The molecule has 0 aliphatic carbocycles. The summed E-state index contributed by atoms with van der Waals surface area (Å²) in [6, 6.07) is 9.92. The third kappa shape index (κ3) is 4.87. The highest BCUT2D eigenvalue weighted by molar-refractivity contribution is 5.80. The van der Waals surface area contributed by atoms with E-state index in [1.54, 1.807) is 0 Å². The number of fused-ring (bicyclic) bond motifs is 2. The average molecular weight is 537 g/mol. The Morgan fingerprint density at radius 2 is 1.77 bits per heavy atom. The first-order valence-corrected chi connectivity index (χ1v) is 13.3. The molecule has 2 aromatic carbocycles. The predicted octanol–water partition coefficient (Wildman–Crippen LogP) is 5.54. The Bertz CT molecular complexity index is 1530. The number of ether oxygens (including phenoxy) is 1. The second kappa shape index (κ2) is 9.91. The van der Waals surface area contributed by atoms with E-state index in [2.05, 4.69) is 51.3 Å². The lowest BCUT2D eigenvalue weighted by Gasteiger charge is -2.31. The van der Waals surface area contributed by atoms with E-state index in [0.717, 1.165) is 80.6 Å². The van der Waals surface area contributed by atoms with Gasteiger partial charge in [-0.3, -0.25) is 9.58 Å². The molecule has 1 unspecified atom stereocenters. The predicted molar refractivity (Wildman–Crippen MR) is 144 cm³/mol. The van der Waals surface area contributed by atoms with Crippen LogP contribution in [0.15, 0.2) is 42.6 Å². The molecule has 1 atom stereocenters. The van der Waals surface area contributed by atoms with Gasteiger partial charge in [-0.05, 0) is 68.3 Å². The van der Waals surface area contributed by atoms with Crippen molar-refractivity contribution in [1.29, 1.82) is 0 Å². The van der Waals surface area contributed by atoms with Gasteiger partial charge in [0, 0.05) is 42.5 Å². The second-order valence-electron chi connectivity index (χ2n) is 10.4. The third-order valence-corrected chi connectivity index (χ3v) is 7.97. The molecule has 7 nitrogen and oxygen atoms in total. The number of alkyl halides is 3. The van der Waals surface area contributed by atoms with Crippen LogP contribution in [0, 0.1) is 13.8 Å². The fourth-order valence-electron chi connectivity index (χ4n) is 5.71. The molecule has 0 N–H and O–H groups in total. The van der Waals surface area contributed by atoms with Gasteiger partial charge in [0.15, 0.2) is 5.82 Å². The van der Waals surface area contributed by atoms with E-state index in [9.17, 15) is 13.2 Å². The van der Waals surface area contributed by atoms with Gasteiger partial charge in [-0.1, -0.05) is 0 Å². The lowest BCUT2D eigenvalue weighted by Crippen LogP contribution is -2.38. The SMILES string of the molecule is Cc1cc(-c2ncc3cc(C(F)(F)F)ccc3n2)ccc1N1CCn2nc(C(C)N3CCOCC3)c(C)c2C1. The normalized spacial score (nSPS) is 17.4. The Morgan fingerprint density at radius 3 is 2.51 bits per heavy atom. The number of aromatic nitrogens is 4. The minimum atomic E-state index is -4.40. The van der Waals surface area contributed by atoms with Crippen LogP contribution >= 0.6 is 0 Å². The van der Waals surface area contributed by atoms with Gasteiger partial charge in [0.25, 0.3) is 0 Å². The number of nitrogens with zero attached hydrogens (tertiary/aromatic N) is 6. The number of benzene rings is 2. The summed E-state index contributed by atoms with van der Waals surface area (Å²) in [7, 11) is 0. The first-order valence-electron chi connectivity index (χ1n) is 13.3. The molecular formula is C29H31F3N6O. The fraction of sp³-hybridized carbons (Fsp3) is 0.414. The van der Waals surface area contributed by atoms with E-state index in [1.165, 1.54) is 23.5 Å². The van der Waals surface area contributed by atoms with Crippen LogP contribution in [0.25, 0.3) is 22.3 Å². The summed E-state index contributed by atoms with van der Waals surface area (Å²) in [6.07, 6.45) is -2.94. The molecule has 0 bridgehead atoms. The van der Waals surface area contributed by atoms with Crippen LogP contribution in [0.1, 0.15) is 41.0 Å². The van der Waals surface area contributed by atoms with Crippen LogP contribution < -0.4 is 4.90 Å². The summed E-state index contributed by atoms with van der Waals surface area (Å²) in [6.45, 7) is 12.3. The number of hydrogen-bond donors (Lipinski definition) is 0. The zero-order chi connectivity index (χ0) is 27.3. The van der Waals surface area contributed by atoms with Gasteiger partial charge in [-0.25, -0.2) is 9.97 Å². The van der Waals surface area contributed by atoms with Gasteiger partial charge >= 0.3 is 6.18 Å². The number of hydrogen-bond acceptors (Lipinski definition) is 6. The van der Waals surface area contributed by atoms with Gasteiger partial charge < -0.3 is 9.64 Å². The van der Waals surface area contributed by atoms with Gasteiger partial charge in [0.05, 0.1) is 54.8 Å². The maximum absolute atomic E-state index is 13.1. The molecule has 4 aromatic rings. The molecule has 6 rings (SSSR count). The van der Waals surface area contributed by atoms with E-state index in [-0.39, 0.29) is 6.04 Å². The van der Waals surface area contributed by atoms with Crippen molar-refractivity contribution < 1.29 is 17.9 Å². The summed E-state index contributed by atoms with van der Waals surface area (Å²) in [5, 5.41) is 5.37. The summed E-state index contributed by atoms with van der Waals surface area (Å²) < 4.78 is 46.9. The zero-order valence-electron chi connectivity index (χ0n) is 22.3. The van der Waals surface area contributed by atoms with Crippen molar-refractivity contribution in [3.05, 3.63) is 70.7 Å². The number of aryl methyl sites for hydroxylation is 1.